The van der Waals surface area contributed by atoms with E-state index in [2.05, 4.69) is 9.97 Å². The monoisotopic (exact) mass is 727 g/mol. The molecule has 1 fully saturated rings. The minimum Gasteiger partial charge on any atom is -0.469 e. The van der Waals surface area contributed by atoms with Crippen molar-refractivity contribution in [3.05, 3.63) is 174 Å². The Balaban J connectivity index is 1.17. The Labute approximate surface area is 307 Å². The number of esters is 2. The standard InChI is InChI=1S/C40H33N5O9/c41-35-29-36(43-23-45(35)50)44(22-42-29)37-30(46)33-28(51-37)21-40(54-33,39(49)53-32(26-17-9-3-10-18-26)27-19-11-4-12-20-27)34(47)38(48)52-31(24-13-5-1-6-14-24)25-15-7-2-8-16-25/h1-23,30-34,37,41,46-47,50H/t30-,33-,34+,37-,40+/m1/s1. The van der Waals surface area contributed by atoms with Gasteiger partial charge in [-0.2, -0.15) is 4.73 Å². The highest BCUT2D eigenvalue weighted by atomic mass is 16.6. The van der Waals surface area contributed by atoms with Gasteiger partial charge in [-0.05, 0) is 22.3 Å². The zero-order chi connectivity index (χ0) is 37.4. The van der Waals surface area contributed by atoms with Crippen LogP contribution in [0.25, 0.3) is 11.2 Å². The van der Waals surface area contributed by atoms with E-state index in [4.69, 9.17) is 24.4 Å². The van der Waals surface area contributed by atoms with Crippen molar-refractivity contribution in [1.29, 1.82) is 5.41 Å². The molecule has 0 spiro atoms. The summed E-state index contributed by atoms with van der Waals surface area (Å²) < 4.78 is 26.3. The summed E-state index contributed by atoms with van der Waals surface area (Å²) in [7, 11) is 0. The molecule has 1 saturated heterocycles. The highest BCUT2D eigenvalue weighted by Crippen LogP contribution is 2.46. The van der Waals surface area contributed by atoms with Crippen LogP contribution >= 0.6 is 0 Å². The number of imidazole rings is 1. The van der Waals surface area contributed by atoms with E-state index in [0.29, 0.717) is 27.0 Å². The second kappa shape index (κ2) is 14.1. The van der Waals surface area contributed by atoms with E-state index in [-0.39, 0.29) is 22.4 Å². The van der Waals surface area contributed by atoms with E-state index in [9.17, 15) is 25.0 Å². The summed E-state index contributed by atoms with van der Waals surface area (Å²) in [5.41, 5.74) is -0.308. The normalized spacial score (nSPS) is 21.0. The van der Waals surface area contributed by atoms with Crippen LogP contribution in [0.2, 0.25) is 0 Å². The summed E-state index contributed by atoms with van der Waals surface area (Å²) in [6.07, 6.45) is -4.99. The minimum absolute atomic E-state index is 0.0260. The number of nitrogens with one attached hydrogen (secondary N) is 1. The maximum Gasteiger partial charge on any atom is 0.347 e. The lowest BCUT2D eigenvalue weighted by molar-refractivity contribution is -0.201. The molecule has 0 unspecified atom stereocenters. The van der Waals surface area contributed by atoms with Crippen LogP contribution in [0, 0.1) is 5.41 Å². The molecule has 272 valence electrons. The molecule has 4 heterocycles. The third-order valence-electron chi connectivity index (χ3n) is 9.42. The molecule has 0 bridgehead atoms. The van der Waals surface area contributed by atoms with Crippen LogP contribution < -0.4 is 5.49 Å². The molecule has 0 amide bonds. The fourth-order valence-electron chi connectivity index (χ4n) is 6.71. The first-order chi connectivity index (χ1) is 26.2. The molecule has 2 aromatic heterocycles. The first-order valence-electron chi connectivity index (χ1n) is 17.0. The van der Waals surface area contributed by atoms with Crippen LogP contribution in [0.1, 0.15) is 40.7 Å². The summed E-state index contributed by atoms with van der Waals surface area (Å²) >= 11 is 0. The fourth-order valence-corrected chi connectivity index (χ4v) is 6.71. The van der Waals surface area contributed by atoms with Gasteiger partial charge in [-0.25, -0.2) is 19.6 Å². The Kier molecular flexibility index (Phi) is 8.99. The van der Waals surface area contributed by atoms with Crippen molar-refractivity contribution in [3.63, 3.8) is 0 Å². The van der Waals surface area contributed by atoms with Gasteiger partial charge in [0.2, 0.25) is 11.8 Å². The maximum absolute atomic E-state index is 14.6. The van der Waals surface area contributed by atoms with Gasteiger partial charge in [0.1, 0.15) is 30.6 Å². The summed E-state index contributed by atoms with van der Waals surface area (Å²) in [5, 5.41) is 41.6. The van der Waals surface area contributed by atoms with Crippen LogP contribution in [0.15, 0.2) is 146 Å². The molecule has 14 heteroatoms. The Morgan fingerprint density at radius 2 is 1.26 bits per heavy atom. The number of carbonyl (C=O) groups is 2. The second-order valence-electron chi connectivity index (χ2n) is 12.8. The smallest absolute Gasteiger partial charge is 0.347 e. The molecule has 2 aliphatic heterocycles. The summed E-state index contributed by atoms with van der Waals surface area (Å²) in [5.74, 6) is -2.42. The molecule has 0 radical (unpaired) electrons. The molecule has 6 aromatic rings. The average molecular weight is 728 g/mol. The van der Waals surface area contributed by atoms with E-state index in [1.54, 1.807) is 97.1 Å². The number of aromatic nitrogens is 4. The van der Waals surface area contributed by atoms with Gasteiger partial charge in [-0.15, -0.1) is 0 Å². The predicted molar refractivity (Wildman–Crippen MR) is 188 cm³/mol. The van der Waals surface area contributed by atoms with Crippen LogP contribution in [0.3, 0.4) is 0 Å². The maximum atomic E-state index is 14.6. The lowest BCUT2D eigenvalue weighted by atomic mass is 9.95. The number of aliphatic hydroxyl groups excluding tert-OH is 2. The van der Waals surface area contributed by atoms with E-state index < -0.39 is 54.3 Å². The quantitative estimate of drug-likeness (QED) is 0.118. The molecule has 54 heavy (non-hydrogen) atoms. The number of nitrogens with zero attached hydrogens (tertiary/aromatic N) is 4. The number of ether oxygens (including phenoxy) is 4. The second-order valence-corrected chi connectivity index (χ2v) is 12.8. The number of carbonyl (C=O) groups excluding carboxylic acids is 2. The lowest BCUT2D eigenvalue weighted by Crippen LogP contribution is -2.55. The molecule has 14 nitrogen and oxygen atoms in total. The van der Waals surface area contributed by atoms with Gasteiger partial charge in [0.15, 0.2) is 35.0 Å². The van der Waals surface area contributed by atoms with Gasteiger partial charge >= 0.3 is 11.9 Å². The van der Waals surface area contributed by atoms with Gasteiger partial charge in [-0.1, -0.05) is 121 Å². The van der Waals surface area contributed by atoms with Gasteiger partial charge in [-0.3, -0.25) is 9.98 Å². The lowest BCUT2D eigenvalue weighted by Gasteiger charge is -2.33. The zero-order valence-corrected chi connectivity index (χ0v) is 28.3. The molecular weight excluding hydrogens is 694 g/mol. The van der Waals surface area contributed by atoms with Gasteiger partial charge in [0, 0.05) is 6.08 Å². The Bertz CT molecular complexity index is 2310. The topological polar surface area (TPSA) is 191 Å². The molecular formula is C40H33N5O9. The largest absolute Gasteiger partial charge is 0.469 e. The Hall–Kier alpha value is -6.61. The molecule has 4 aromatic carbocycles. The number of rotatable bonds is 10. The van der Waals surface area contributed by atoms with E-state index >= 15 is 0 Å². The Morgan fingerprint density at radius 3 is 1.76 bits per heavy atom. The predicted octanol–water partition coefficient (Wildman–Crippen LogP) is 3.89. The van der Waals surface area contributed by atoms with Crippen molar-refractivity contribution in [2.45, 2.75) is 42.3 Å². The van der Waals surface area contributed by atoms with Crippen molar-refractivity contribution < 1.29 is 44.0 Å². The van der Waals surface area contributed by atoms with Crippen LogP contribution in [-0.2, 0) is 28.5 Å². The van der Waals surface area contributed by atoms with Gasteiger partial charge < -0.3 is 34.4 Å². The molecule has 2 aliphatic rings. The fraction of sp³-hybridized carbons (Fsp3) is 0.175. The summed E-state index contributed by atoms with van der Waals surface area (Å²) in [4.78, 5) is 37.0. The number of benzene rings is 4. The summed E-state index contributed by atoms with van der Waals surface area (Å²) in [6, 6.07) is 35.7. The number of hydrogen-bond donors (Lipinski definition) is 4. The van der Waals surface area contributed by atoms with Crippen molar-refractivity contribution >= 4 is 23.1 Å². The third kappa shape index (κ3) is 6.07. The highest BCUT2D eigenvalue weighted by molar-refractivity contribution is 5.92. The first-order valence-corrected chi connectivity index (χ1v) is 17.0. The van der Waals surface area contributed by atoms with Crippen LogP contribution in [-0.4, -0.2) is 70.5 Å². The van der Waals surface area contributed by atoms with Gasteiger partial charge in [0.25, 0.3) is 0 Å². The van der Waals surface area contributed by atoms with Gasteiger partial charge in [0.05, 0.1) is 0 Å². The SMILES string of the molecule is N=c1c2ncn([C@@H]3OC4=C[C@@](C(=O)OC(c5ccccc5)c5ccccc5)([C@@H](O)C(=O)OC(c5ccccc5)c5ccccc5)O[C@H]4[C@H]3O)c2ncn1O. The van der Waals surface area contributed by atoms with E-state index in [0.717, 1.165) is 12.4 Å². The highest BCUT2D eigenvalue weighted by Gasteiger charge is 2.62. The number of hydrogen-bond acceptors (Lipinski definition) is 12. The van der Waals surface area contributed by atoms with Crippen molar-refractivity contribution in [3.8, 4) is 0 Å². The molecule has 5 atom stereocenters. The van der Waals surface area contributed by atoms with Crippen molar-refractivity contribution in [2.24, 2.45) is 0 Å². The Morgan fingerprint density at radius 1 is 0.759 bits per heavy atom. The van der Waals surface area contributed by atoms with Crippen molar-refractivity contribution in [2.75, 3.05) is 0 Å². The molecule has 8 rings (SSSR count). The first kappa shape index (κ1) is 34.5. The minimum atomic E-state index is -2.55. The summed E-state index contributed by atoms with van der Waals surface area (Å²) in [6.45, 7) is 0. The van der Waals surface area contributed by atoms with E-state index in [1.165, 1.54) is 10.9 Å². The third-order valence-corrected chi connectivity index (χ3v) is 9.42. The number of fused-ring (bicyclic) bond motifs is 2. The molecule has 0 saturated carbocycles. The zero-order valence-electron chi connectivity index (χ0n) is 28.3. The van der Waals surface area contributed by atoms with Crippen LogP contribution in [0.5, 0.6) is 0 Å². The van der Waals surface area contributed by atoms with Crippen molar-refractivity contribution in [1.82, 2.24) is 19.3 Å². The molecule has 4 N–H and O–H groups in total. The average Bonchev–Trinajstić information content (AvgIpc) is 3.91. The molecule has 0 aliphatic carbocycles. The van der Waals surface area contributed by atoms with Crippen LogP contribution in [0.4, 0.5) is 0 Å². The number of aliphatic hydroxyl groups is 2. The van der Waals surface area contributed by atoms with E-state index in [1.807, 2.05) is 24.3 Å².